The van der Waals surface area contributed by atoms with Crippen LogP contribution in [0.2, 0.25) is 0 Å². The number of aliphatic hydroxyl groups is 1. The molecule has 202 valence electrons. The lowest BCUT2D eigenvalue weighted by Crippen LogP contribution is -2.29. The van der Waals surface area contributed by atoms with Gasteiger partial charge in [-0.2, -0.15) is 0 Å². The van der Waals surface area contributed by atoms with Crippen molar-refractivity contribution in [1.82, 2.24) is 0 Å². The lowest BCUT2D eigenvalue weighted by molar-refractivity contribution is -0.146. The van der Waals surface area contributed by atoms with Gasteiger partial charge >= 0.3 is 5.97 Å². The van der Waals surface area contributed by atoms with E-state index in [0.717, 1.165) is 5.56 Å². The number of esters is 1. The lowest BCUT2D eigenvalue weighted by atomic mass is 9.94. The van der Waals surface area contributed by atoms with Crippen molar-refractivity contribution in [2.75, 3.05) is 19.1 Å². The fourth-order valence-electron chi connectivity index (χ4n) is 4.64. The summed E-state index contributed by atoms with van der Waals surface area (Å²) in [6.07, 6.45) is -0.144. The van der Waals surface area contributed by atoms with E-state index in [1.54, 1.807) is 56.3 Å². The summed E-state index contributed by atoms with van der Waals surface area (Å²) in [6.45, 7) is 5.47. The predicted molar refractivity (Wildman–Crippen MR) is 147 cm³/mol. The molecule has 1 aliphatic heterocycles. The third-order valence-electron chi connectivity index (χ3n) is 6.39. The molecule has 1 amide bonds. The van der Waals surface area contributed by atoms with E-state index < -0.39 is 17.7 Å². The van der Waals surface area contributed by atoms with Crippen molar-refractivity contribution in [3.63, 3.8) is 0 Å². The molecule has 1 heterocycles. The Morgan fingerprint density at radius 1 is 0.974 bits per heavy atom. The Hall–Kier alpha value is -4.59. The third kappa shape index (κ3) is 5.65. The molecular formula is C31H31NO7. The summed E-state index contributed by atoms with van der Waals surface area (Å²) in [5.41, 5.74) is 2.89. The third-order valence-corrected chi connectivity index (χ3v) is 6.39. The molecule has 0 bridgehead atoms. The number of rotatable bonds is 8. The average Bonchev–Trinajstić information content (AvgIpc) is 3.18. The van der Waals surface area contributed by atoms with Gasteiger partial charge in [0, 0.05) is 5.69 Å². The minimum Gasteiger partial charge on any atom is -0.507 e. The maximum atomic E-state index is 13.5. The first-order valence-electron chi connectivity index (χ1n) is 12.5. The fraction of sp³-hybridized carbons (Fsp3) is 0.258. The highest BCUT2D eigenvalue weighted by Gasteiger charge is 2.47. The van der Waals surface area contributed by atoms with Crippen LogP contribution in [0, 0.1) is 6.92 Å². The lowest BCUT2D eigenvalue weighted by Gasteiger charge is -2.26. The number of nitrogens with zero attached hydrogens (tertiary/aromatic N) is 1. The van der Waals surface area contributed by atoms with E-state index in [0.29, 0.717) is 28.3 Å². The molecule has 0 aliphatic carbocycles. The van der Waals surface area contributed by atoms with E-state index >= 15 is 0 Å². The van der Waals surface area contributed by atoms with Gasteiger partial charge in [0.05, 0.1) is 43.9 Å². The van der Waals surface area contributed by atoms with Crippen LogP contribution in [0.3, 0.4) is 0 Å². The molecule has 8 nitrogen and oxygen atoms in total. The van der Waals surface area contributed by atoms with Crippen LogP contribution in [-0.4, -0.2) is 43.1 Å². The Balaban J connectivity index is 1.84. The highest BCUT2D eigenvalue weighted by molar-refractivity contribution is 6.51. The van der Waals surface area contributed by atoms with Gasteiger partial charge in [-0.25, -0.2) is 0 Å². The van der Waals surface area contributed by atoms with Crippen molar-refractivity contribution >= 4 is 29.1 Å². The van der Waals surface area contributed by atoms with Crippen LogP contribution in [0.25, 0.3) is 5.76 Å². The molecule has 3 aromatic rings. The van der Waals surface area contributed by atoms with Gasteiger partial charge in [0.2, 0.25) is 0 Å². The Morgan fingerprint density at radius 2 is 1.69 bits per heavy atom. The number of hydrogen-bond donors (Lipinski definition) is 1. The van der Waals surface area contributed by atoms with Crippen LogP contribution in [-0.2, 0) is 25.5 Å². The molecule has 1 unspecified atom stereocenters. The molecule has 0 spiro atoms. The number of anilines is 1. The molecular weight excluding hydrogens is 498 g/mol. The normalized spacial score (nSPS) is 16.5. The maximum absolute atomic E-state index is 13.5. The average molecular weight is 530 g/mol. The molecule has 4 rings (SSSR count). The van der Waals surface area contributed by atoms with Crippen LogP contribution in [0.4, 0.5) is 5.69 Å². The predicted octanol–water partition coefficient (Wildman–Crippen LogP) is 5.13. The zero-order valence-electron chi connectivity index (χ0n) is 22.6. The topological polar surface area (TPSA) is 102 Å². The summed E-state index contributed by atoms with van der Waals surface area (Å²) in [6, 6.07) is 18.2. The van der Waals surface area contributed by atoms with Gasteiger partial charge in [0.1, 0.15) is 17.3 Å². The first-order valence-corrected chi connectivity index (χ1v) is 12.5. The van der Waals surface area contributed by atoms with Crippen LogP contribution < -0.4 is 14.4 Å². The quantitative estimate of drug-likeness (QED) is 0.187. The largest absolute Gasteiger partial charge is 0.507 e. The number of amides is 1. The second kappa shape index (κ2) is 11.4. The van der Waals surface area contributed by atoms with Gasteiger partial charge in [-0.1, -0.05) is 42.0 Å². The van der Waals surface area contributed by atoms with E-state index in [2.05, 4.69) is 0 Å². The number of ketones is 1. The molecule has 39 heavy (non-hydrogen) atoms. The van der Waals surface area contributed by atoms with Crippen LogP contribution in [0.1, 0.15) is 42.1 Å². The van der Waals surface area contributed by atoms with Gasteiger partial charge in [0.25, 0.3) is 11.7 Å². The Morgan fingerprint density at radius 3 is 2.31 bits per heavy atom. The molecule has 3 aromatic carbocycles. The molecule has 1 atom stereocenters. The highest BCUT2D eigenvalue weighted by atomic mass is 16.5. The molecule has 0 saturated carbocycles. The number of Topliss-reactive ketones (excluding diaryl/α,β-unsaturated/α-hetero) is 1. The van der Waals surface area contributed by atoms with E-state index in [1.165, 1.54) is 19.1 Å². The van der Waals surface area contributed by atoms with Gasteiger partial charge < -0.3 is 19.3 Å². The number of aryl methyl sites for hydroxylation is 1. The Labute approximate surface area is 227 Å². The van der Waals surface area contributed by atoms with E-state index in [1.807, 2.05) is 31.2 Å². The smallest absolute Gasteiger partial charge is 0.310 e. The summed E-state index contributed by atoms with van der Waals surface area (Å²) in [4.78, 5) is 40.4. The molecule has 1 fully saturated rings. The molecule has 1 aliphatic rings. The highest BCUT2D eigenvalue weighted by Crippen LogP contribution is 2.44. The van der Waals surface area contributed by atoms with E-state index in [4.69, 9.17) is 14.2 Å². The summed E-state index contributed by atoms with van der Waals surface area (Å²) in [5, 5.41) is 11.5. The van der Waals surface area contributed by atoms with Gasteiger partial charge in [-0.3, -0.25) is 19.3 Å². The standard InChI is InChI=1S/C31H31NO7/c1-18(2)39-26(33)16-20-9-11-22(12-10-20)32-28(21-8-6-7-19(3)15-21)27(30(35)31(32)36)29(34)24-17-23(37-4)13-14-25(24)38-5/h6-15,17-18,28,34H,16H2,1-5H3/b29-27+. The van der Waals surface area contributed by atoms with Crippen molar-refractivity contribution in [2.45, 2.75) is 39.3 Å². The zero-order valence-corrected chi connectivity index (χ0v) is 22.6. The number of carbonyl (C=O) groups is 3. The number of ether oxygens (including phenoxy) is 3. The number of hydrogen-bond acceptors (Lipinski definition) is 7. The van der Waals surface area contributed by atoms with Crippen LogP contribution in [0.5, 0.6) is 11.5 Å². The number of methoxy groups -OCH3 is 2. The second-order valence-electron chi connectivity index (χ2n) is 9.53. The minimum absolute atomic E-state index is 0.0678. The van der Waals surface area contributed by atoms with Crippen molar-refractivity contribution in [1.29, 1.82) is 0 Å². The fourth-order valence-corrected chi connectivity index (χ4v) is 4.64. The minimum atomic E-state index is -0.905. The van der Waals surface area contributed by atoms with Crippen LogP contribution >= 0.6 is 0 Å². The van der Waals surface area contributed by atoms with Crippen molar-refractivity contribution < 1.29 is 33.7 Å². The summed E-state index contributed by atoms with van der Waals surface area (Å²) >= 11 is 0. The molecule has 8 heteroatoms. The van der Waals surface area contributed by atoms with E-state index in [-0.39, 0.29) is 35.4 Å². The monoisotopic (exact) mass is 529 g/mol. The molecule has 0 radical (unpaired) electrons. The first kappa shape index (κ1) is 27.4. The van der Waals surface area contributed by atoms with E-state index in [9.17, 15) is 19.5 Å². The summed E-state index contributed by atoms with van der Waals surface area (Å²) in [5.74, 6) is -1.56. The van der Waals surface area contributed by atoms with Crippen LogP contribution in [0.15, 0.2) is 72.3 Å². The second-order valence-corrected chi connectivity index (χ2v) is 9.53. The van der Waals surface area contributed by atoms with Gasteiger partial charge in [0.15, 0.2) is 0 Å². The van der Waals surface area contributed by atoms with Crippen molar-refractivity contribution in [3.05, 3.63) is 94.6 Å². The number of aliphatic hydroxyl groups excluding tert-OH is 1. The summed E-state index contributed by atoms with van der Waals surface area (Å²) < 4.78 is 16.0. The van der Waals surface area contributed by atoms with Crippen molar-refractivity contribution in [2.24, 2.45) is 0 Å². The van der Waals surface area contributed by atoms with Gasteiger partial charge in [-0.15, -0.1) is 0 Å². The maximum Gasteiger partial charge on any atom is 0.310 e. The molecule has 1 N–H and O–H groups in total. The molecule has 1 saturated heterocycles. The molecule has 0 aromatic heterocycles. The summed E-state index contributed by atoms with van der Waals surface area (Å²) in [7, 11) is 2.94. The first-order chi connectivity index (χ1) is 18.6. The SMILES string of the molecule is COc1ccc(OC)c(/C(O)=C2\C(=O)C(=O)N(c3ccc(CC(=O)OC(C)C)cc3)C2c2cccc(C)c2)c1. The number of carbonyl (C=O) groups excluding carboxylic acids is 3. The van der Waals surface area contributed by atoms with Gasteiger partial charge in [-0.05, 0) is 62.2 Å². The zero-order chi connectivity index (χ0) is 28.3. The Kier molecular flexibility index (Phi) is 8.04. The Bertz CT molecular complexity index is 1440. The van der Waals surface area contributed by atoms with Crippen molar-refractivity contribution in [3.8, 4) is 11.5 Å². The number of benzene rings is 3.